The van der Waals surface area contributed by atoms with Gasteiger partial charge in [-0.15, -0.1) is 20.4 Å². The molecule has 4 atom stereocenters. The molecule has 10 nitrogen and oxygen atoms in total. The molecular formula is C48H62F6N8O2S2. The van der Waals surface area contributed by atoms with Gasteiger partial charge in [-0.3, -0.25) is 0 Å². The van der Waals surface area contributed by atoms with Gasteiger partial charge < -0.3 is 28.4 Å². The molecule has 360 valence electrons. The number of alkyl halides is 6. The minimum absolute atomic E-state index is 0.273. The third kappa shape index (κ3) is 11.0. The number of ether oxygens (including phenoxy) is 2. The Hall–Kier alpha value is -3.16. The van der Waals surface area contributed by atoms with E-state index in [4.69, 9.17) is 9.47 Å². The molecule has 4 aliphatic heterocycles. The van der Waals surface area contributed by atoms with E-state index < -0.39 is 23.5 Å². The summed E-state index contributed by atoms with van der Waals surface area (Å²) < 4.78 is 92.1. The molecule has 0 N–H and O–H groups in total. The van der Waals surface area contributed by atoms with Crippen LogP contribution in [0.3, 0.4) is 0 Å². The van der Waals surface area contributed by atoms with Gasteiger partial charge in [0.15, 0.2) is 10.3 Å². The zero-order chi connectivity index (χ0) is 46.1. The lowest BCUT2D eigenvalue weighted by atomic mass is 9.97. The Morgan fingerprint density at radius 3 is 1.32 bits per heavy atom. The molecule has 0 unspecified atom stereocenters. The first-order valence-electron chi connectivity index (χ1n) is 23.7. The zero-order valence-electron chi connectivity index (χ0n) is 38.0. The van der Waals surface area contributed by atoms with Gasteiger partial charge in [0.2, 0.25) is 0 Å². The summed E-state index contributed by atoms with van der Waals surface area (Å²) in [5.74, 6) is 5.86. The minimum atomic E-state index is -4.26. The average molecular weight is 961 g/mol. The van der Waals surface area contributed by atoms with Crippen LogP contribution in [0.1, 0.15) is 122 Å². The highest BCUT2D eigenvalue weighted by molar-refractivity contribution is 7.99. The first kappa shape index (κ1) is 47.9. The van der Waals surface area contributed by atoms with Crippen LogP contribution in [-0.4, -0.2) is 117 Å². The lowest BCUT2D eigenvalue weighted by molar-refractivity contribution is -0.138. The van der Waals surface area contributed by atoms with Crippen LogP contribution in [0.15, 0.2) is 58.8 Å². The van der Waals surface area contributed by atoms with Crippen molar-refractivity contribution >= 4 is 23.5 Å². The van der Waals surface area contributed by atoms with Crippen molar-refractivity contribution in [3.63, 3.8) is 0 Å². The van der Waals surface area contributed by atoms with E-state index in [1.807, 2.05) is 0 Å². The summed E-state index contributed by atoms with van der Waals surface area (Å²) in [7, 11) is 4.12. The Morgan fingerprint density at radius 2 is 0.955 bits per heavy atom. The summed E-state index contributed by atoms with van der Waals surface area (Å²) in [4.78, 5) is 5.05. The van der Waals surface area contributed by atoms with E-state index in [-0.39, 0.29) is 10.8 Å². The summed E-state index contributed by atoms with van der Waals surface area (Å²) in [5.41, 5.74) is 1.54. The van der Waals surface area contributed by atoms with Gasteiger partial charge in [-0.05, 0) is 148 Å². The van der Waals surface area contributed by atoms with Gasteiger partial charge in [0, 0.05) is 77.0 Å². The van der Waals surface area contributed by atoms with Gasteiger partial charge in [-0.2, -0.15) is 26.3 Å². The zero-order valence-corrected chi connectivity index (χ0v) is 39.6. The van der Waals surface area contributed by atoms with E-state index in [0.717, 1.165) is 174 Å². The SMILES string of the molecule is Cn1c(SCCCN2CC[C@@]3(C[C@H]3c3ccc(C(F)(F)F)cc3)C2)nnc1C1CCOCC1.Cn1c(SCCCN2CC[C@]3(C[C@@H]3c3ccc(C(F)(F)F)cc3)C2)nnc1C1CCOCC1. The normalized spacial score (nSPS) is 26.4. The molecule has 2 aliphatic carbocycles. The van der Waals surface area contributed by atoms with Crippen molar-refractivity contribution in [2.45, 2.75) is 111 Å². The number of hydrogen-bond acceptors (Lipinski definition) is 10. The van der Waals surface area contributed by atoms with Crippen LogP contribution in [0.5, 0.6) is 0 Å². The molecular weight excluding hydrogens is 899 g/mol. The number of benzene rings is 2. The summed E-state index contributed by atoms with van der Waals surface area (Å²) in [6.45, 7) is 9.60. The highest BCUT2D eigenvalue weighted by atomic mass is 32.2. The maximum atomic E-state index is 12.8. The molecule has 6 heterocycles. The van der Waals surface area contributed by atoms with Crippen LogP contribution in [0.4, 0.5) is 26.3 Å². The molecule has 18 heteroatoms. The molecule has 2 spiro atoms. The van der Waals surface area contributed by atoms with Gasteiger partial charge in [-0.25, -0.2) is 0 Å². The van der Waals surface area contributed by atoms with Crippen molar-refractivity contribution in [2.24, 2.45) is 24.9 Å². The van der Waals surface area contributed by atoms with E-state index in [1.165, 1.54) is 24.3 Å². The minimum Gasteiger partial charge on any atom is -0.381 e. The maximum absolute atomic E-state index is 12.8. The number of rotatable bonds is 14. The molecule has 0 bridgehead atoms. The van der Waals surface area contributed by atoms with E-state index in [0.29, 0.717) is 23.7 Å². The van der Waals surface area contributed by atoms with Crippen molar-refractivity contribution < 1.29 is 35.8 Å². The van der Waals surface area contributed by atoms with Gasteiger partial charge >= 0.3 is 12.4 Å². The standard InChI is InChI=1S/2C24H31F3N4OS/c2*1-30-21(18-7-12-32-13-8-18)28-29-22(30)33-14-2-10-31-11-9-23(16-31)15-20(23)17-3-5-19(6-4-17)24(25,26)27/h2*3-6,18,20H,2,7-16H2,1H3/t2*20-,23+/m10/s1. The molecule has 6 aliphatic rings. The lowest BCUT2D eigenvalue weighted by Crippen LogP contribution is -2.23. The number of halogens is 6. The van der Waals surface area contributed by atoms with Crippen molar-refractivity contribution in [1.82, 2.24) is 39.3 Å². The monoisotopic (exact) mass is 960 g/mol. The third-order valence-electron chi connectivity index (χ3n) is 15.2. The molecule has 0 radical (unpaired) electrons. The van der Waals surface area contributed by atoms with Crippen LogP contribution < -0.4 is 0 Å². The van der Waals surface area contributed by atoms with Crippen LogP contribution in [-0.2, 0) is 35.9 Å². The van der Waals surface area contributed by atoms with Crippen molar-refractivity contribution in [3.05, 3.63) is 82.4 Å². The number of hydrogen-bond donors (Lipinski definition) is 0. The first-order valence-corrected chi connectivity index (χ1v) is 25.7. The topological polar surface area (TPSA) is 86.4 Å². The Morgan fingerprint density at radius 1 is 0.576 bits per heavy atom. The van der Waals surface area contributed by atoms with Gasteiger partial charge in [0.25, 0.3) is 0 Å². The quantitative estimate of drug-likeness (QED) is 0.0692. The second-order valence-electron chi connectivity index (χ2n) is 19.5. The molecule has 66 heavy (non-hydrogen) atoms. The first-order chi connectivity index (χ1) is 31.7. The van der Waals surface area contributed by atoms with Gasteiger partial charge in [0.1, 0.15) is 11.6 Å². The Kier molecular flexibility index (Phi) is 14.5. The molecule has 0 amide bonds. The maximum Gasteiger partial charge on any atom is 0.416 e. The molecule has 6 fully saturated rings. The molecule has 2 aromatic carbocycles. The molecule has 10 rings (SSSR count). The van der Waals surface area contributed by atoms with Crippen LogP contribution in [0.25, 0.3) is 0 Å². The van der Waals surface area contributed by atoms with Crippen LogP contribution >= 0.6 is 23.5 Å². The number of likely N-dealkylation sites (tertiary alicyclic amines) is 2. The summed E-state index contributed by atoms with van der Waals surface area (Å²) >= 11 is 3.54. The van der Waals surface area contributed by atoms with Crippen LogP contribution in [0.2, 0.25) is 0 Å². The van der Waals surface area contributed by atoms with Crippen molar-refractivity contribution in [3.8, 4) is 0 Å². The smallest absolute Gasteiger partial charge is 0.381 e. The second kappa shape index (κ2) is 20.1. The predicted octanol–water partition coefficient (Wildman–Crippen LogP) is 10.2. The van der Waals surface area contributed by atoms with Gasteiger partial charge in [0.05, 0.1) is 11.1 Å². The molecule has 2 saturated carbocycles. The Labute approximate surface area is 392 Å². The fourth-order valence-corrected chi connectivity index (χ4v) is 12.8. The number of nitrogens with zero attached hydrogens (tertiary/aromatic N) is 8. The lowest BCUT2D eigenvalue weighted by Gasteiger charge is -2.21. The third-order valence-corrected chi connectivity index (χ3v) is 17.4. The fourth-order valence-electron chi connectivity index (χ4n) is 11.1. The van der Waals surface area contributed by atoms with E-state index in [1.54, 1.807) is 47.8 Å². The van der Waals surface area contributed by atoms with Crippen LogP contribution in [0, 0.1) is 10.8 Å². The van der Waals surface area contributed by atoms with Crippen molar-refractivity contribution in [2.75, 3.05) is 77.2 Å². The highest BCUT2D eigenvalue weighted by Crippen LogP contribution is 2.65. The van der Waals surface area contributed by atoms with E-state index in [9.17, 15) is 26.3 Å². The van der Waals surface area contributed by atoms with E-state index in [2.05, 4.69) is 53.4 Å². The average Bonchev–Trinajstić information content (AvgIpc) is 3.85. The fraction of sp³-hybridized carbons (Fsp3) is 0.667. The highest BCUT2D eigenvalue weighted by Gasteiger charge is 2.58. The summed E-state index contributed by atoms with van der Waals surface area (Å²) in [6.07, 6.45) is 2.18. The Balaban J connectivity index is 0.000000166. The molecule has 4 aromatic rings. The second-order valence-corrected chi connectivity index (χ2v) is 21.6. The number of aromatic nitrogens is 6. The Bertz CT molecular complexity index is 2070. The number of thioether (sulfide) groups is 2. The summed E-state index contributed by atoms with van der Waals surface area (Å²) in [6, 6.07) is 11.6. The largest absolute Gasteiger partial charge is 0.416 e. The van der Waals surface area contributed by atoms with Crippen molar-refractivity contribution in [1.29, 1.82) is 0 Å². The molecule has 2 aromatic heterocycles. The summed E-state index contributed by atoms with van der Waals surface area (Å²) in [5, 5.41) is 19.7. The van der Waals surface area contributed by atoms with Gasteiger partial charge in [-0.1, -0.05) is 47.8 Å². The predicted molar refractivity (Wildman–Crippen MR) is 243 cm³/mol. The van der Waals surface area contributed by atoms with E-state index >= 15 is 0 Å². The molecule has 4 saturated heterocycles.